The molecular weight excluding hydrogens is 266 g/mol. The number of likely N-dealkylation sites (tertiary alicyclic amines) is 2. The average Bonchev–Trinajstić information content (AvgIpc) is 3.03. The van der Waals surface area contributed by atoms with Gasteiger partial charge < -0.3 is 14.4 Å². The highest BCUT2D eigenvalue weighted by Gasteiger charge is 2.49. The van der Waals surface area contributed by atoms with Gasteiger partial charge in [0.15, 0.2) is 0 Å². The van der Waals surface area contributed by atoms with Crippen LogP contribution >= 0.6 is 0 Å². The van der Waals surface area contributed by atoms with Gasteiger partial charge in [-0.2, -0.15) is 0 Å². The van der Waals surface area contributed by atoms with E-state index in [0.717, 1.165) is 32.4 Å². The third kappa shape index (κ3) is 2.24. The number of hydrogen-bond donors (Lipinski definition) is 0. The van der Waals surface area contributed by atoms with E-state index in [-0.39, 0.29) is 17.4 Å². The van der Waals surface area contributed by atoms with E-state index < -0.39 is 0 Å². The number of nitrogens with zero attached hydrogens (tertiary/aromatic N) is 3. The lowest BCUT2D eigenvalue weighted by molar-refractivity contribution is -0.127. The quantitative estimate of drug-likeness (QED) is 0.831. The van der Waals surface area contributed by atoms with Gasteiger partial charge in [0, 0.05) is 32.9 Å². The second-order valence-corrected chi connectivity index (χ2v) is 6.23. The Hall–Kier alpha value is -1.78. The van der Waals surface area contributed by atoms with E-state index in [1.54, 1.807) is 0 Å². The highest BCUT2D eigenvalue weighted by Crippen LogP contribution is 2.38. The van der Waals surface area contributed by atoms with Crippen LogP contribution in [0.2, 0.25) is 0 Å². The van der Waals surface area contributed by atoms with Gasteiger partial charge in [0.2, 0.25) is 5.91 Å². The Morgan fingerprint density at radius 3 is 2.81 bits per heavy atom. The molecule has 1 spiro atoms. The molecular formula is C16H23N3O2. The van der Waals surface area contributed by atoms with Gasteiger partial charge >= 0.3 is 0 Å². The molecule has 1 atom stereocenters. The van der Waals surface area contributed by atoms with Gasteiger partial charge in [0.25, 0.3) is 5.91 Å². The lowest BCUT2D eigenvalue weighted by atomic mass is 9.85. The zero-order valence-electron chi connectivity index (χ0n) is 12.8. The van der Waals surface area contributed by atoms with Gasteiger partial charge in [-0.05, 0) is 38.3 Å². The number of carbonyl (C=O) groups is 2. The van der Waals surface area contributed by atoms with Crippen LogP contribution in [0.25, 0.3) is 0 Å². The van der Waals surface area contributed by atoms with Crippen molar-refractivity contribution >= 4 is 11.8 Å². The number of amides is 2. The van der Waals surface area contributed by atoms with Crippen LogP contribution in [0.4, 0.5) is 0 Å². The van der Waals surface area contributed by atoms with Gasteiger partial charge in [0.1, 0.15) is 5.69 Å². The Labute approximate surface area is 125 Å². The first kappa shape index (κ1) is 14.2. The summed E-state index contributed by atoms with van der Waals surface area (Å²) < 4.78 is 1.86. The minimum atomic E-state index is -0.285. The third-order valence-corrected chi connectivity index (χ3v) is 4.95. The molecule has 0 saturated carbocycles. The van der Waals surface area contributed by atoms with Gasteiger partial charge in [0.05, 0.1) is 12.0 Å². The molecule has 1 aromatic rings. The number of aryl methyl sites for hydroxylation is 1. The molecule has 0 aromatic carbocycles. The molecule has 0 radical (unpaired) electrons. The average molecular weight is 289 g/mol. The molecule has 0 bridgehead atoms. The van der Waals surface area contributed by atoms with E-state index in [0.29, 0.717) is 18.7 Å². The summed E-state index contributed by atoms with van der Waals surface area (Å²) in [4.78, 5) is 29.0. The number of likely N-dealkylation sites (N-methyl/N-ethyl adjacent to an activating group) is 1. The molecule has 5 nitrogen and oxygen atoms in total. The molecule has 114 valence electrons. The Bertz CT molecular complexity index is 566. The van der Waals surface area contributed by atoms with Crippen LogP contribution < -0.4 is 0 Å². The van der Waals surface area contributed by atoms with Crippen LogP contribution in [-0.2, 0) is 11.8 Å². The number of hydrogen-bond acceptors (Lipinski definition) is 2. The summed E-state index contributed by atoms with van der Waals surface area (Å²) in [5, 5.41) is 0. The SMILES string of the molecule is CCN1C[C@@]2(CCCCN2C(=O)c2cccn2C)CC1=O. The Morgan fingerprint density at radius 2 is 2.19 bits per heavy atom. The van der Waals surface area contributed by atoms with E-state index in [1.807, 2.05) is 46.7 Å². The summed E-state index contributed by atoms with van der Waals surface area (Å²) in [7, 11) is 1.89. The van der Waals surface area contributed by atoms with Gasteiger partial charge in [-0.1, -0.05) is 0 Å². The summed E-state index contributed by atoms with van der Waals surface area (Å²) >= 11 is 0. The predicted molar refractivity (Wildman–Crippen MR) is 79.9 cm³/mol. The van der Waals surface area contributed by atoms with Gasteiger partial charge in [-0.15, -0.1) is 0 Å². The molecule has 3 heterocycles. The van der Waals surface area contributed by atoms with Crippen LogP contribution in [0.5, 0.6) is 0 Å². The summed E-state index contributed by atoms with van der Waals surface area (Å²) in [6, 6.07) is 3.75. The van der Waals surface area contributed by atoms with Crippen LogP contribution in [0.1, 0.15) is 43.1 Å². The Balaban J connectivity index is 1.91. The standard InChI is InChI=1S/C16H23N3O2/c1-3-18-12-16(11-14(18)20)8-4-5-10-19(16)15(21)13-7-6-9-17(13)2/h6-7,9H,3-5,8,10-12H2,1-2H3/t16-/m1/s1. The topological polar surface area (TPSA) is 45.5 Å². The van der Waals surface area contributed by atoms with E-state index in [9.17, 15) is 9.59 Å². The fraction of sp³-hybridized carbons (Fsp3) is 0.625. The highest BCUT2D eigenvalue weighted by atomic mass is 16.2. The number of aromatic nitrogens is 1. The Kier molecular flexibility index (Phi) is 3.51. The second kappa shape index (κ2) is 5.20. The molecule has 0 N–H and O–H groups in total. The summed E-state index contributed by atoms with van der Waals surface area (Å²) in [6.45, 7) is 4.18. The van der Waals surface area contributed by atoms with Gasteiger partial charge in [-0.25, -0.2) is 0 Å². The van der Waals surface area contributed by atoms with Crippen molar-refractivity contribution in [2.45, 2.75) is 38.1 Å². The van der Waals surface area contributed by atoms with Crippen molar-refractivity contribution in [2.24, 2.45) is 7.05 Å². The van der Waals surface area contributed by atoms with Crippen molar-refractivity contribution in [3.05, 3.63) is 24.0 Å². The van der Waals surface area contributed by atoms with Crippen LogP contribution in [0, 0.1) is 0 Å². The largest absolute Gasteiger partial charge is 0.347 e. The molecule has 5 heteroatoms. The molecule has 3 rings (SSSR count). The fourth-order valence-electron chi connectivity index (χ4n) is 3.76. The van der Waals surface area contributed by atoms with E-state index in [4.69, 9.17) is 0 Å². The van der Waals surface area contributed by atoms with Crippen molar-refractivity contribution < 1.29 is 9.59 Å². The van der Waals surface area contributed by atoms with Crippen molar-refractivity contribution in [3.63, 3.8) is 0 Å². The normalized spacial score (nSPS) is 25.9. The Morgan fingerprint density at radius 1 is 1.38 bits per heavy atom. The fourth-order valence-corrected chi connectivity index (χ4v) is 3.76. The molecule has 0 aliphatic carbocycles. The third-order valence-electron chi connectivity index (χ3n) is 4.95. The highest BCUT2D eigenvalue weighted by molar-refractivity contribution is 5.94. The lowest BCUT2D eigenvalue weighted by Crippen LogP contribution is -2.56. The van der Waals surface area contributed by atoms with E-state index in [1.165, 1.54) is 0 Å². The predicted octanol–water partition coefficient (Wildman–Crippen LogP) is 1.64. The molecule has 2 aliphatic heterocycles. The van der Waals surface area contributed by atoms with Crippen LogP contribution in [0.3, 0.4) is 0 Å². The van der Waals surface area contributed by atoms with Crippen molar-refractivity contribution in [2.75, 3.05) is 19.6 Å². The summed E-state index contributed by atoms with van der Waals surface area (Å²) in [6.07, 6.45) is 5.43. The minimum Gasteiger partial charge on any atom is -0.347 e. The maximum absolute atomic E-state index is 12.9. The first-order valence-electron chi connectivity index (χ1n) is 7.78. The van der Waals surface area contributed by atoms with Crippen molar-refractivity contribution in [1.29, 1.82) is 0 Å². The molecule has 2 aliphatic rings. The summed E-state index contributed by atoms with van der Waals surface area (Å²) in [5.74, 6) is 0.247. The maximum atomic E-state index is 12.9. The summed E-state index contributed by atoms with van der Waals surface area (Å²) in [5.41, 5.74) is 0.422. The molecule has 21 heavy (non-hydrogen) atoms. The van der Waals surface area contributed by atoms with Crippen molar-refractivity contribution in [3.8, 4) is 0 Å². The first-order valence-corrected chi connectivity index (χ1v) is 7.78. The second-order valence-electron chi connectivity index (χ2n) is 6.23. The number of piperidine rings is 1. The smallest absolute Gasteiger partial charge is 0.271 e. The number of carbonyl (C=O) groups excluding carboxylic acids is 2. The van der Waals surface area contributed by atoms with Crippen molar-refractivity contribution in [1.82, 2.24) is 14.4 Å². The molecule has 2 fully saturated rings. The van der Waals surface area contributed by atoms with Gasteiger partial charge in [-0.3, -0.25) is 9.59 Å². The van der Waals surface area contributed by atoms with Crippen LogP contribution in [0.15, 0.2) is 18.3 Å². The van der Waals surface area contributed by atoms with Crippen LogP contribution in [-0.4, -0.2) is 51.4 Å². The molecule has 0 unspecified atom stereocenters. The maximum Gasteiger partial charge on any atom is 0.271 e. The number of rotatable bonds is 2. The monoisotopic (exact) mass is 289 g/mol. The zero-order chi connectivity index (χ0) is 15.0. The molecule has 2 saturated heterocycles. The lowest BCUT2D eigenvalue weighted by Gasteiger charge is -2.44. The molecule has 2 amide bonds. The minimum absolute atomic E-state index is 0.0629. The first-order chi connectivity index (χ1) is 10.1. The van der Waals surface area contributed by atoms with E-state index in [2.05, 4.69) is 0 Å². The zero-order valence-corrected chi connectivity index (χ0v) is 12.8. The van der Waals surface area contributed by atoms with E-state index >= 15 is 0 Å². The molecule has 1 aromatic heterocycles.